The number of hydrogen-bond acceptors (Lipinski definition) is 5. The Morgan fingerprint density at radius 2 is 0.860 bits per heavy atom. The predicted molar refractivity (Wildman–Crippen MR) is 246 cm³/mol. The molecule has 0 spiro atoms. The molecule has 0 aliphatic heterocycles. The van der Waals surface area contributed by atoms with Crippen LogP contribution in [0.25, 0.3) is 0 Å². The predicted octanol–water partition coefficient (Wildman–Crippen LogP) is 14.5. The normalized spacial score (nSPS) is 13.0. The number of ether oxygens (including phenoxy) is 1. The second kappa shape index (κ2) is 46.8. The quantitative estimate of drug-likeness (QED) is 0.0247. The van der Waals surface area contributed by atoms with Crippen LogP contribution < -0.4 is 5.32 Å². The van der Waals surface area contributed by atoms with Gasteiger partial charge < -0.3 is 20.3 Å². The van der Waals surface area contributed by atoms with E-state index in [0.717, 1.165) is 77.0 Å². The van der Waals surface area contributed by atoms with Gasteiger partial charge in [0.25, 0.3) is 0 Å². The van der Waals surface area contributed by atoms with Crippen LogP contribution in [0, 0.1) is 0 Å². The Balaban J connectivity index is 3.54. The summed E-state index contributed by atoms with van der Waals surface area (Å²) >= 11 is 0. The van der Waals surface area contributed by atoms with Crippen LogP contribution in [0.1, 0.15) is 251 Å². The van der Waals surface area contributed by atoms with E-state index in [9.17, 15) is 19.8 Å². The smallest absolute Gasteiger partial charge is 0.305 e. The highest BCUT2D eigenvalue weighted by Gasteiger charge is 2.18. The summed E-state index contributed by atoms with van der Waals surface area (Å²) in [4.78, 5) is 24.4. The Morgan fingerprint density at radius 3 is 1.30 bits per heavy atom. The lowest BCUT2D eigenvalue weighted by Crippen LogP contribution is -2.45. The zero-order valence-corrected chi connectivity index (χ0v) is 37.8. The van der Waals surface area contributed by atoms with E-state index >= 15 is 0 Å². The van der Waals surface area contributed by atoms with E-state index in [1.165, 1.54) is 148 Å². The molecule has 2 unspecified atom stereocenters. The summed E-state index contributed by atoms with van der Waals surface area (Å²) < 4.78 is 5.44. The molecule has 0 saturated heterocycles. The summed E-state index contributed by atoms with van der Waals surface area (Å²) in [5, 5.41) is 22.9. The van der Waals surface area contributed by atoms with Crippen molar-refractivity contribution in [2.24, 2.45) is 0 Å². The summed E-state index contributed by atoms with van der Waals surface area (Å²) in [7, 11) is 0. The van der Waals surface area contributed by atoms with E-state index in [0.29, 0.717) is 19.4 Å². The average molecular weight is 802 g/mol. The number of esters is 1. The Kier molecular flexibility index (Phi) is 45.2. The van der Waals surface area contributed by atoms with Gasteiger partial charge >= 0.3 is 5.97 Å². The highest BCUT2D eigenvalue weighted by atomic mass is 16.5. The molecule has 0 radical (unpaired) electrons. The maximum absolute atomic E-state index is 12.4. The molecule has 0 aliphatic rings. The minimum absolute atomic E-state index is 0.0215. The summed E-state index contributed by atoms with van der Waals surface area (Å²) in [6, 6.07) is -0.642. The van der Waals surface area contributed by atoms with Gasteiger partial charge in [0.1, 0.15) is 0 Å². The molecule has 0 heterocycles. The van der Waals surface area contributed by atoms with Gasteiger partial charge in [0.2, 0.25) is 5.91 Å². The lowest BCUT2D eigenvalue weighted by atomic mass is 10.0. The van der Waals surface area contributed by atoms with Crippen molar-refractivity contribution in [2.45, 2.75) is 264 Å². The molecular formula is C51H95NO5. The first kappa shape index (κ1) is 55.1. The van der Waals surface area contributed by atoms with Gasteiger partial charge in [-0.25, -0.2) is 0 Å². The highest BCUT2D eigenvalue weighted by molar-refractivity contribution is 5.76. The van der Waals surface area contributed by atoms with Crippen molar-refractivity contribution in [1.82, 2.24) is 5.32 Å². The molecule has 0 fully saturated rings. The standard InChI is InChI=1S/C51H95NO5/c1-3-5-7-9-11-13-15-16-21-25-29-33-37-41-45-51(56)57-46-42-38-34-30-26-22-19-17-18-20-24-28-32-36-40-44-50(55)52-48(47-53)49(54)43-39-35-31-27-23-14-12-10-8-6-4-2/h17,19,22,26,39,43,48-49,53-54H,3-16,18,20-21,23-25,27-38,40-42,44-47H2,1-2H3,(H,52,55)/b19-17-,26-22-,43-39+. The van der Waals surface area contributed by atoms with Crippen molar-refractivity contribution in [3.63, 3.8) is 0 Å². The highest BCUT2D eigenvalue weighted by Crippen LogP contribution is 2.15. The molecule has 57 heavy (non-hydrogen) atoms. The van der Waals surface area contributed by atoms with Gasteiger partial charge in [0.15, 0.2) is 0 Å². The van der Waals surface area contributed by atoms with E-state index in [2.05, 4.69) is 43.5 Å². The van der Waals surface area contributed by atoms with E-state index < -0.39 is 12.1 Å². The van der Waals surface area contributed by atoms with Crippen LogP contribution >= 0.6 is 0 Å². The molecule has 0 aromatic rings. The maximum atomic E-state index is 12.4. The maximum Gasteiger partial charge on any atom is 0.305 e. The number of rotatable bonds is 45. The Hall–Kier alpha value is -1.92. The molecule has 1 amide bonds. The van der Waals surface area contributed by atoms with Crippen LogP contribution in [0.3, 0.4) is 0 Å². The minimum atomic E-state index is -0.857. The van der Waals surface area contributed by atoms with Gasteiger partial charge in [-0.05, 0) is 64.2 Å². The lowest BCUT2D eigenvalue weighted by Gasteiger charge is -2.20. The van der Waals surface area contributed by atoms with Gasteiger partial charge in [0, 0.05) is 12.8 Å². The first-order chi connectivity index (χ1) is 28.0. The monoisotopic (exact) mass is 802 g/mol. The third-order valence-corrected chi connectivity index (χ3v) is 11.2. The summed E-state index contributed by atoms with van der Waals surface area (Å²) in [6.07, 6.45) is 55.7. The molecule has 0 aromatic carbocycles. The second-order valence-corrected chi connectivity index (χ2v) is 16.8. The number of amides is 1. The van der Waals surface area contributed by atoms with Crippen molar-refractivity contribution in [3.8, 4) is 0 Å². The van der Waals surface area contributed by atoms with Gasteiger partial charge in [-0.15, -0.1) is 0 Å². The Bertz CT molecular complexity index is 931. The number of nitrogens with one attached hydrogen (secondary N) is 1. The molecular weight excluding hydrogens is 707 g/mol. The number of unbranched alkanes of at least 4 members (excludes halogenated alkanes) is 31. The van der Waals surface area contributed by atoms with Crippen LogP contribution in [0.5, 0.6) is 0 Å². The molecule has 0 aromatic heterocycles. The van der Waals surface area contributed by atoms with E-state index in [-0.39, 0.29) is 18.5 Å². The molecule has 0 bridgehead atoms. The number of aliphatic hydroxyl groups is 2. The van der Waals surface area contributed by atoms with E-state index in [1.54, 1.807) is 6.08 Å². The zero-order valence-electron chi connectivity index (χ0n) is 37.8. The van der Waals surface area contributed by atoms with Gasteiger partial charge in [-0.2, -0.15) is 0 Å². The minimum Gasteiger partial charge on any atom is -0.466 e. The van der Waals surface area contributed by atoms with Crippen molar-refractivity contribution in [3.05, 3.63) is 36.5 Å². The van der Waals surface area contributed by atoms with Crippen molar-refractivity contribution >= 4 is 11.9 Å². The van der Waals surface area contributed by atoms with Crippen LogP contribution in [-0.2, 0) is 14.3 Å². The van der Waals surface area contributed by atoms with E-state index in [1.807, 2.05) is 6.08 Å². The Morgan fingerprint density at radius 1 is 0.491 bits per heavy atom. The van der Waals surface area contributed by atoms with Gasteiger partial charge in [0.05, 0.1) is 25.4 Å². The molecule has 2 atom stereocenters. The molecule has 0 saturated carbocycles. The third kappa shape index (κ3) is 43.5. The third-order valence-electron chi connectivity index (χ3n) is 11.2. The van der Waals surface area contributed by atoms with Gasteiger partial charge in [-0.3, -0.25) is 9.59 Å². The van der Waals surface area contributed by atoms with Crippen LogP contribution in [0.15, 0.2) is 36.5 Å². The number of carbonyl (C=O) groups excluding carboxylic acids is 2. The SMILES string of the molecule is CCCCCCCCCCC/C=C/C(O)C(CO)NC(=O)CCCCCCCC/C=C\C=C/CCCCCOC(=O)CCCCCCCCCCCCCCCC. The lowest BCUT2D eigenvalue weighted by molar-refractivity contribution is -0.143. The second-order valence-electron chi connectivity index (χ2n) is 16.8. The molecule has 3 N–H and O–H groups in total. The van der Waals surface area contributed by atoms with Crippen LogP contribution in [-0.4, -0.2) is 47.4 Å². The zero-order chi connectivity index (χ0) is 41.5. The number of aliphatic hydroxyl groups excluding tert-OH is 2. The molecule has 0 aliphatic carbocycles. The van der Waals surface area contributed by atoms with Crippen LogP contribution in [0.4, 0.5) is 0 Å². The topological polar surface area (TPSA) is 95.9 Å². The number of allylic oxidation sites excluding steroid dienone is 5. The average Bonchev–Trinajstić information content (AvgIpc) is 3.21. The summed E-state index contributed by atoms with van der Waals surface area (Å²) in [6.45, 7) is 4.82. The fraction of sp³-hybridized carbons (Fsp3) is 0.843. The fourth-order valence-corrected chi connectivity index (χ4v) is 7.33. The molecule has 334 valence electrons. The molecule has 6 heteroatoms. The summed E-state index contributed by atoms with van der Waals surface area (Å²) in [5.41, 5.74) is 0. The van der Waals surface area contributed by atoms with Gasteiger partial charge in [-0.1, -0.05) is 211 Å². The Labute approximate surface area is 353 Å². The van der Waals surface area contributed by atoms with Crippen LogP contribution in [0.2, 0.25) is 0 Å². The molecule has 0 rings (SSSR count). The van der Waals surface area contributed by atoms with E-state index in [4.69, 9.17) is 4.74 Å². The fourth-order valence-electron chi connectivity index (χ4n) is 7.33. The number of hydrogen-bond donors (Lipinski definition) is 3. The summed E-state index contributed by atoms with van der Waals surface area (Å²) in [5.74, 6) is -0.114. The first-order valence-corrected chi connectivity index (χ1v) is 24.8. The van der Waals surface area contributed by atoms with Crippen molar-refractivity contribution < 1.29 is 24.5 Å². The number of carbonyl (C=O) groups is 2. The molecule has 6 nitrogen and oxygen atoms in total. The van der Waals surface area contributed by atoms with Crippen molar-refractivity contribution in [2.75, 3.05) is 13.2 Å². The largest absolute Gasteiger partial charge is 0.466 e. The first-order valence-electron chi connectivity index (χ1n) is 24.8. The van der Waals surface area contributed by atoms with Crippen molar-refractivity contribution in [1.29, 1.82) is 0 Å².